The Morgan fingerprint density at radius 3 is 2.62 bits per heavy atom. The topological polar surface area (TPSA) is 51.3 Å². The molecular weight excluding hydrogens is 226 g/mol. The number of amides is 1. The van der Waals surface area contributed by atoms with Crippen molar-refractivity contribution in [1.82, 2.24) is 9.47 Å². The molecule has 0 radical (unpaired) electrons. The number of likely N-dealkylation sites (tertiary alicyclic amines) is 1. The first-order valence-corrected chi connectivity index (χ1v) is 5.82. The smallest absolute Gasteiger partial charge is 0.270 e. The van der Waals surface area contributed by atoms with Crippen LogP contribution in [0.3, 0.4) is 0 Å². The quantitative estimate of drug-likeness (QED) is 0.805. The Morgan fingerprint density at radius 1 is 1.50 bits per heavy atom. The molecule has 0 aliphatic carbocycles. The fraction of sp³-hybridized carbons (Fsp3) is 0.545. The number of hydrogen-bond donors (Lipinski definition) is 1. The van der Waals surface area contributed by atoms with E-state index in [9.17, 15) is 4.79 Å². The van der Waals surface area contributed by atoms with E-state index in [0.29, 0.717) is 10.7 Å². The highest BCUT2D eigenvalue weighted by Crippen LogP contribution is 2.17. The van der Waals surface area contributed by atoms with E-state index >= 15 is 0 Å². The molecule has 0 spiro atoms. The molecule has 1 amide bonds. The number of aromatic nitrogens is 1. The summed E-state index contributed by atoms with van der Waals surface area (Å²) in [4.78, 5) is 14.0. The number of halogens is 1. The van der Waals surface area contributed by atoms with Gasteiger partial charge in [-0.25, -0.2) is 0 Å². The van der Waals surface area contributed by atoms with Gasteiger partial charge in [0.2, 0.25) is 0 Å². The summed E-state index contributed by atoms with van der Waals surface area (Å²) in [6, 6.07) is 1.94. The number of rotatable bonds is 1. The summed E-state index contributed by atoms with van der Waals surface area (Å²) < 4.78 is 1.76. The molecular formula is C11H16ClN3O. The van der Waals surface area contributed by atoms with Crippen LogP contribution >= 0.6 is 11.6 Å². The Labute approximate surface area is 100.0 Å². The van der Waals surface area contributed by atoms with Gasteiger partial charge in [-0.3, -0.25) is 4.79 Å². The number of nitrogens with zero attached hydrogens (tertiary/aromatic N) is 2. The fourth-order valence-electron chi connectivity index (χ4n) is 2.00. The van der Waals surface area contributed by atoms with Crippen LogP contribution in [0, 0.1) is 0 Å². The van der Waals surface area contributed by atoms with Gasteiger partial charge in [-0.1, -0.05) is 11.6 Å². The molecule has 2 heterocycles. The van der Waals surface area contributed by atoms with Crippen molar-refractivity contribution in [3.8, 4) is 0 Å². The molecule has 16 heavy (non-hydrogen) atoms. The van der Waals surface area contributed by atoms with Gasteiger partial charge >= 0.3 is 0 Å². The van der Waals surface area contributed by atoms with Crippen molar-refractivity contribution in [2.75, 3.05) is 13.1 Å². The highest BCUT2D eigenvalue weighted by molar-refractivity contribution is 6.31. The number of nitrogens with two attached hydrogens (primary N) is 1. The molecule has 0 aromatic carbocycles. The monoisotopic (exact) mass is 241 g/mol. The van der Waals surface area contributed by atoms with Gasteiger partial charge in [-0.05, 0) is 18.9 Å². The van der Waals surface area contributed by atoms with Crippen molar-refractivity contribution in [2.24, 2.45) is 12.8 Å². The van der Waals surface area contributed by atoms with E-state index in [2.05, 4.69) is 0 Å². The molecule has 0 unspecified atom stereocenters. The summed E-state index contributed by atoms with van der Waals surface area (Å²) in [7, 11) is 1.83. The number of carbonyl (C=O) groups is 1. The second kappa shape index (κ2) is 4.47. The van der Waals surface area contributed by atoms with E-state index in [-0.39, 0.29) is 11.9 Å². The minimum Gasteiger partial charge on any atom is -0.345 e. The molecule has 0 saturated carbocycles. The van der Waals surface area contributed by atoms with Crippen LogP contribution in [0.5, 0.6) is 0 Å². The van der Waals surface area contributed by atoms with Crippen molar-refractivity contribution < 1.29 is 4.79 Å². The second-order valence-corrected chi connectivity index (χ2v) is 4.72. The Balaban J connectivity index is 2.10. The first-order valence-electron chi connectivity index (χ1n) is 5.44. The lowest BCUT2D eigenvalue weighted by molar-refractivity contribution is 0.0705. The molecule has 2 N–H and O–H groups in total. The van der Waals surface area contributed by atoms with Crippen LogP contribution < -0.4 is 5.73 Å². The van der Waals surface area contributed by atoms with Gasteiger partial charge in [0.15, 0.2) is 0 Å². The van der Waals surface area contributed by atoms with E-state index in [1.165, 1.54) is 0 Å². The molecule has 1 saturated heterocycles. The molecule has 1 aliphatic heterocycles. The normalized spacial score (nSPS) is 17.8. The average Bonchev–Trinajstić information content (AvgIpc) is 2.58. The maximum Gasteiger partial charge on any atom is 0.270 e. The summed E-state index contributed by atoms with van der Waals surface area (Å²) in [5, 5.41) is 0.597. The molecule has 88 valence electrons. The van der Waals surface area contributed by atoms with E-state index in [4.69, 9.17) is 17.3 Å². The maximum absolute atomic E-state index is 12.1. The minimum atomic E-state index is 0.0429. The van der Waals surface area contributed by atoms with Crippen LogP contribution in [0.25, 0.3) is 0 Å². The zero-order chi connectivity index (χ0) is 11.7. The van der Waals surface area contributed by atoms with E-state index in [0.717, 1.165) is 25.9 Å². The third kappa shape index (κ3) is 2.23. The maximum atomic E-state index is 12.1. The predicted molar refractivity (Wildman–Crippen MR) is 63.5 cm³/mol. The fourth-order valence-corrected chi connectivity index (χ4v) is 2.25. The Morgan fingerprint density at radius 2 is 2.12 bits per heavy atom. The predicted octanol–water partition coefficient (Wildman–Crippen LogP) is 1.24. The Kier molecular flexibility index (Phi) is 3.21. The van der Waals surface area contributed by atoms with Gasteiger partial charge in [0, 0.05) is 32.4 Å². The Bertz CT molecular complexity index is 394. The summed E-state index contributed by atoms with van der Waals surface area (Å²) >= 11 is 5.86. The molecule has 0 atom stereocenters. The zero-order valence-corrected chi connectivity index (χ0v) is 10.1. The first-order chi connectivity index (χ1) is 7.58. The lowest BCUT2D eigenvalue weighted by Gasteiger charge is -2.30. The van der Waals surface area contributed by atoms with Gasteiger partial charge in [-0.15, -0.1) is 0 Å². The third-order valence-corrected chi connectivity index (χ3v) is 3.22. The van der Waals surface area contributed by atoms with E-state index in [1.54, 1.807) is 16.8 Å². The third-order valence-electron chi connectivity index (χ3n) is 3.02. The van der Waals surface area contributed by atoms with Gasteiger partial charge < -0.3 is 15.2 Å². The molecule has 1 aromatic heterocycles. The van der Waals surface area contributed by atoms with Crippen LogP contribution in [-0.2, 0) is 7.05 Å². The lowest BCUT2D eigenvalue weighted by atomic mass is 10.1. The number of hydrogen-bond acceptors (Lipinski definition) is 2. The van der Waals surface area contributed by atoms with Crippen LogP contribution in [0.2, 0.25) is 5.02 Å². The Hall–Kier alpha value is -1.00. The summed E-state index contributed by atoms with van der Waals surface area (Å²) in [5.41, 5.74) is 6.44. The van der Waals surface area contributed by atoms with Crippen molar-refractivity contribution in [1.29, 1.82) is 0 Å². The number of piperidine rings is 1. The molecule has 1 fully saturated rings. The number of aryl methyl sites for hydroxylation is 1. The van der Waals surface area contributed by atoms with Crippen LogP contribution in [-0.4, -0.2) is 34.5 Å². The van der Waals surface area contributed by atoms with Gasteiger partial charge in [0.25, 0.3) is 5.91 Å². The molecule has 5 heteroatoms. The molecule has 4 nitrogen and oxygen atoms in total. The summed E-state index contributed by atoms with van der Waals surface area (Å²) in [6.07, 6.45) is 3.50. The van der Waals surface area contributed by atoms with Crippen molar-refractivity contribution >= 4 is 17.5 Å². The van der Waals surface area contributed by atoms with Gasteiger partial charge in [0.05, 0.1) is 5.02 Å². The van der Waals surface area contributed by atoms with Crippen LogP contribution in [0.15, 0.2) is 12.3 Å². The van der Waals surface area contributed by atoms with E-state index < -0.39 is 0 Å². The minimum absolute atomic E-state index is 0.0429. The highest BCUT2D eigenvalue weighted by Gasteiger charge is 2.23. The first kappa shape index (κ1) is 11.5. The molecule has 0 bridgehead atoms. The van der Waals surface area contributed by atoms with Crippen LogP contribution in [0.4, 0.5) is 0 Å². The molecule has 1 aromatic rings. The highest BCUT2D eigenvalue weighted by atomic mass is 35.5. The van der Waals surface area contributed by atoms with Crippen molar-refractivity contribution in [3.63, 3.8) is 0 Å². The zero-order valence-electron chi connectivity index (χ0n) is 9.32. The SMILES string of the molecule is Cn1cc(Cl)cc1C(=O)N1CCC(N)CC1. The van der Waals surface area contributed by atoms with E-state index in [1.807, 2.05) is 11.9 Å². The average molecular weight is 242 g/mol. The molecule has 2 rings (SSSR count). The van der Waals surface area contributed by atoms with Crippen molar-refractivity contribution in [2.45, 2.75) is 18.9 Å². The largest absolute Gasteiger partial charge is 0.345 e. The van der Waals surface area contributed by atoms with Gasteiger partial charge in [0.1, 0.15) is 5.69 Å². The summed E-state index contributed by atoms with van der Waals surface area (Å²) in [6.45, 7) is 1.48. The lowest BCUT2D eigenvalue weighted by Crippen LogP contribution is -2.43. The number of carbonyl (C=O) groups excluding carboxylic acids is 1. The van der Waals surface area contributed by atoms with Gasteiger partial charge in [-0.2, -0.15) is 0 Å². The molecule has 1 aliphatic rings. The summed E-state index contributed by atoms with van der Waals surface area (Å²) in [5.74, 6) is 0.0429. The van der Waals surface area contributed by atoms with Crippen LogP contribution in [0.1, 0.15) is 23.3 Å². The van der Waals surface area contributed by atoms with Crippen molar-refractivity contribution in [3.05, 3.63) is 23.0 Å². The second-order valence-electron chi connectivity index (χ2n) is 4.28. The standard InChI is InChI=1S/C11H16ClN3O/c1-14-7-8(12)6-10(14)11(16)15-4-2-9(13)3-5-15/h6-7,9H,2-5,13H2,1H3.